The van der Waals surface area contributed by atoms with E-state index in [0.717, 1.165) is 23.6 Å². The molecule has 3 aromatic carbocycles. The Balaban J connectivity index is 1.70. The minimum atomic E-state index is -3.26. The molecule has 3 heteroatoms. The third-order valence-corrected chi connectivity index (χ3v) is 6.33. The summed E-state index contributed by atoms with van der Waals surface area (Å²) in [5, 5.41) is 2.03. The second-order valence-corrected chi connectivity index (χ2v) is 8.45. The predicted octanol–water partition coefficient (Wildman–Crippen LogP) is 4.88. The molecule has 3 rings (SSSR count). The van der Waals surface area contributed by atoms with Crippen LogP contribution in [0.25, 0.3) is 10.8 Å². The monoisotopic (exact) mass is 338 g/mol. The van der Waals surface area contributed by atoms with E-state index >= 15 is 0 Å². The number of sulfone groups is 1. The highest BCUT2D eigenvalue weighted by molar-refractivity contribution is 7.91. The Morgan fingerprint density at radius 2 is 1.50 bits per heavy atom. The lowest BCUT2D eigenvalue weighted by Crippen LogP contribution is -2.15. The zero-order valence-corrected chi connectivity index (χ0v) is 14.7. The van der Waals surface area contributed by atoms with Crippen LogP contribution in [0.5, 0.6) is 0 Å². The van der Waals surface area contributed by atoms with Crippen molar-refractivity contribution in [3.63, 3.8) is 0 Å². The highest BCUT2D eigenvalue weighted by atomic mass is 32.2. The maximum Gasteiger partial charge on any atom is 0.178 e. The second-order valence-electron chi connectivity index (χ2n) is 6.42. The van der Waals surface area contributed by atoms with Gasteiger partial charge in [-0.05, 0) is 47.2 Å². The average molecular weight is 338 g/mol. The summed E-state index contributed by atoms with van der Waals surface area (Å²) in [6, 6.07) is 23.4. The highest BCUT2D eigenvalue weighted by Gasteiger charge is 2.18. The number of benzene rings is 3. The second kappa shape index (κ2) is 7.18. The van der Waals surface area contributed by atoms with E-state index in [4.69, 9.17) is 0 Å². The van der Waals surface area contributed by atoms with Crippen molar-refractivity contribution in [2.24, 2.45) is 5.92 Å². The lowest BCUT2D eigenvalue weighted by atomic mass is 10.0. The Hall–Kier alpha value is -2.13. The third-order valence-electron chi connectivity index (χ3n) is 4.35. The minimum Gasteiger partial charge on any atom is -0.224 e. The topological polar surface area (TPSA) is 34.1 Å². The summed E-state index contributed by atoms with van der Waals surface area (Å²) in [4.78, 5) is 0.424. The van der Waals surface area contributed by atoms with E-state index in [1.807, 2.05) is 55.5 Å². The van der Waals surface area contributed by atoms with Gasteiger partial charge in [0.25, 0.3) is 0 Å². The van der Waals surface area contributed by atoms with Gasteiger partial charge in [0.05, 0.1) is 10.6 Å². The molecule has 3 aromatic rings. The van der Waals surface area contributed by atoms with E-state index in [-0.39, 0.29) is 11.7 Å². The van der Waals surface area contributed by atoms with Crippen LogP contribution in [0.15, 0.2) is 77.7 Å². The summed E-state index contributed by atoms with van der Waals surface area (Å²) in [6.45, 7) is 2.02. The van der Waals surface area contributed by atoms with Gasteiger partial charge in [0.15, 0.2) is 9.84 Å². The van der Waals surface area contributed by atoms with Crippen LogP contribution in [-0.2, 0) is 16.3 Å². The van der Waals surface area contributed by atoms with E-state index in [2.05, 4.69) is 12.1 Å². The van der Waals surface area contributed by atoms with E-state index in [1.54, 1.807) is 12.1 Å². The molecule has 0 aliphatic carbocycles. The molecule has 0 N–H and O–H groups in total. The summed E-state index contributed by atoms with van der Waals surface area (Å²) in [5.74, 6) is 0.319. The van der Waals surface area contributed by atoms with E-state index in [9.17, 15) is 8.42 Å². The first-order chi connectivity index (χ1) is 11.5. The Labute approximate surface area is 144 Å². The maximum atomic E-state index is 12.7. The van der Waals surface area contributed by atoms with Crippen molar-refractivity contribution in [3.8, 4) is 0 Å². The first-order valence-corrected chi connectivity index (χ1v) is 9.95. The van der Waals surface area contributed by atoms with Gasteiger partial charge in [0.1, 0.15) is 0 Å². The Morgan fingerprint density at radius 1 is 0.833 bits per heavy atom. The molecule has 1 atom stereocenters. The van der Waals surface area contributed by atoms with Crippen molar-refractivity contribution < 1.29 is 8.42 Å². The lowest BCUT2D eigenvalue weighted by molar-refractivity contribution is 0.550. The highest BCUT2D eigenvalue weighted by Crippen LogP contribution is 2.22. The fourth-order valence-corrected chi connectivity index (χ4v) is 4.66. The Bertz CT molecular complexity index is 915. The fourth-order valence-electron chi connectivity index (χ4n) is 2.97. The number of hydrogen-bond acceptors (Lipinski definition) is 2. The average Bonchev–Trinajstić information content (AvgIpc) is 2.60. The zero-order valence-electron chi connectivity index (χ0n) is 13.9. The molecule has 0 aromatic heterocycles. The molecule has 0 aliphatic rings. The van der Waals surface area contributed by atoms with Crippen molar-refractivity contribution >= 4 is 20.6 Å². The van der Waals surface area contributed by atoms with Crippen LogP contribution in [0.4, 0.5) is 0 Å². The van der Waals surface area contributed by atoms with Gasteiger partial charge >= 0.3 is 0 Å². The van der Waals surface area contributed by atoms with Crippen molar-refractivity contribution in [1.82, 2.24) is 0 Å². The number of hydrogen-bond donors (Lipinski definition) is 0. The fraction of sp³-hybridized carbons (Fsp3) is 0.238. The molecular formula is C21H22O2S. The van der Waals surface area contributed by atoms with Gasteiger partial charge in [-0.25, -0.2) is 8.42 Å². The zero-order chi connectivity index (χ0) is 17.0. The summed E-state index contributed by atoms with van der Waals surface area (Å²) >= 11 is 0. The van der Waals surface area contributed by atoms with Crippen LogP contribution in [0, 0.1) is 5.92 Å². The molecule has 0 radical (unpaired) electrons. The van der Waals surface area contributed by atoms with Gasteiger partial charge in [-0.15, -0.1) is 0 Å². The van der Waals surface area contributed by atoms with Crippen LogP contribution in [-0.4, -0.2) is 14.2 Å². The van der Waals surface area contributed by atoms with Crippen LogP contribution < -0.4 is 0 Å². The van der Waals surface area contributed by atoms with E-state index in [0.29, 0.717) is 4.90 Å². The van der Waals surface area contributed by atoms with Gasteiger partial charge in [0.2, 0.25) is 0 Å². The molecule has 0 heterocycles. The van der Waals surface area contributed by atoms with Gasteiger partial charge in [-0.3, -0.25) is 0 Å². The molecule has 24 heavy (non-hydrogen) atoms. The van der Waals surface area contributed by atoms with Gasteiger partial charge < -0.3 is 0 Å². The molecule has 0 amide bonds. The van der Waals surface area contributed by atoms with Crippen molar-refractivity contribution in [2.45, 2.75) is 24.7 Å². The number of fused-ring (bicyclic) bond motifs is 1. The van der Waals surface area contributed by atoms with E-state index in [1.165, 1.54) is 5.56 Å². The summed E-state index contributed by atoms with van der Waals surface area (Å²) in [6.07, 6.45) is 1.78. The molecule has 1 unspecified atom stereocenters. The van der Waals surface area contributed by atoms with Crippen molar-refractivity contribution in [1.29, 1.82) is 0 Å². The molecule has 0 aliphatic heterocycles. The normalized spacial score (nSPS) is 13.0. The Morgan fingerprint density at radius 3 is 2.25 bits per heavy atom. The summed E-state index contributed by atoms with van der Waals surface area (Å²) in [7, 11) is -3.26. The molecule has 0 saturated carbocycles. The smallest absolute Gasteiger partial charge is 0.178 e. The first-order valence-electron chi connectivity index (χ1n) is 8.30. The molecule has 0 fully saturated rings. The SMILES string of the molecule is CC(CCc1ccccc1)CS(=O)(=O)c1ccc2ccccc2c1. The third kappa shape index (κ3) is 4.04. The molecule has 0 spiro atoms. The standard InChI is InChI=1S/C21H22O2S/c1-17(11-12-18-7-3-2-4-8-18)16-24(22,23)21-14-13-19-9-5-6-10-20(19)15-21/h2-10,13-15,17H,11-12,16H2,1H3. The predicted molar refractivity (Wildman–Crippen MR) is 99.9 cm³/mol. The molecule has 0 bridgehead atoms. The molecular weight excluding hydrogens is 316 g/mol. The maximum absolute atomic E-state index is 12.7. The largest absolute Gasteiger partial charge is 0.224 e. The molecule has 124 valence electrons. The van der Waals surface area contributed by atoms with Crippen LogP contribution >= 0.6 is 0 Å². The molecule has 0 saturated heterocycles. The Kier molecular flexibility index (Phi) is 5.00. The van der Waals surface area contributed by atoms with E-state index < -0.39 is 9.84 Å². The van der Waals surface area contributed by atoms with Gasteiger partial charge in [-0.2, -0.15) is 0 Å². The first kappa shape index (κ1) is 16.7. The number of aryl methyl sites for hydroxylation is 1. The summed E-state index contributed by atoms with van der Waals surface area (Å²) < 4.78 is 25.4. The minimum absolute atomic E-state index is 0.127. The van der Waals surface area contributed by atoms with Gasteiger partial charge in [-0.1, -0.05) is 67.6 Å². The lowest BCUT2D eigenvalue weighted by Gasteiger charge is -2.12. The van der Waals surface area contributed by atoms with Crippen LogP contribution in [0.3, 0.4) is 0 Å². The van der Waals surface area contributed by atoms with Crippen molar-refractivity contribution in [3.05, 3.63) is 78.4 Å². The quantitative estimate of drug-likeness (QED) is 0.642. The summed E-state index contributed by atoms with van der Waals surface area (Å²) in [5.41, 5.74) is 1.26. The number of rotatable bonds is 6. The molecule has 2 nitrogen and oxygen atoms in total. The van der Waals surface area contributed by atoms with Gasteiger partial charge in [0, 0.05) is 0 Å². The van der Waals surface area contributed by atoms with Crippen molar-refractivity contribution in [2.75, 3.05) is 5.75 Å². The van der Waals surface area contributed by atoms with Crippen LogP contribution in [0.1, 0.15) is 18.9 Å². The van der Waals surface area contributed by atoms with Crippen LogP contribution in [0.2, 0.25) is 0 Å².